The fourth-order valence-electron chi connectivity index (χ4n) is 3.77. The van der Waals surface area contributed by atoms with Crippen molar-refractivity contribution in [3.05, 3.63) is 94.3 Å². The highest BCUT2D eigenvalue weighted by atomic mass is 35.5. The van der Waals surface area contributed by atoms with E-state index in [1.807, 2.05) is 10.8 Å². The van der Waals surface area contributed by atoms with Crippen LogP contribution in [0.2, 0.25) is 5.02 Å². The van der Waals surface area contributed by atoms with E-state index >= 15 is 0 Å². The second-order valence-corrected chi connectivity index (χ2v) is 10.3. The Morgan fingerprint density at radius 2 is 1.86 bits per heavy atom. The molecule has 0 spiro atoms. The number of hydrogen-bond donors (Lipinski definition) is 2. The summed E-state index contributed by atoms with van der Waals surface area (Å²) in [5.74, 6) is -1.49. The van der Waals surface area contributed by atoms with Crippen molar-refractivity contribution < 1.29 is 22.8 Å². The number of pyridine rings is 1. The lowest BCUT2D eigenvalue weighted by Gasteiger charge is -2.29. The molecular formula is C24H21ClN4O5S. The van der Waals surface area contributed by atoms with Crippen molar-refractivity contribution in [1.82, 2.24) is 14.6 Å². The minimum atomic E-state index is -3.70. The van der Waals surface area contributed by atoms with E-state index in [-0.39, 0.29) is 30.3 Å². The fraction of sp³-hybridized carbons (Fsp3) is 0.167. The molecule has 0 aliphatic carbocycles. The van der Waals surface area contributed by atoms with Gasteiger partial charge < -0.3 is 10.2 Å². The van der Waals surface area contributed by atoms with Gasteiger partial charge in [-0.2, -0.15) is 0 Å². The Hall–Kier alpha value is -3.76. The first-order chi connectivity index (χ1) is 16.6. The lowest BCUT2D eigenvalue weighted by atomic mass is 10.0. The van der Waals surface area contributed by atoms with Gasteiger partial charge in [-0.3, -0.25) is 19.4 Å². The molecule has 9 nitrogen and oxygen atoms in total. The number of hydrogen-bond acceptors (Lipinski definition) is 6. The van der Waals surface area contributed by atoms with Crippen LogP contribution in [0.4, 0.5) is 5.69 Å². The van der Waals surface area contributed by atoms with Gasteiger partial charge in [0.05, 0.1) is 17.5 Å². The number of nitrogens with zero attached hydrogens (tertiary/aromatic N) is 2. The first-order valence-corrected chi connectivity index (χ1v) is 12.8. The Kier molecular flexibility index (Phi) is 6.86. The monoisotopic (exact) mass is 512 g/mol. The van der Waals surface area contributed by atoms with Gasteiger partial charge in [-0.1, -0.05) is 29.8 Å². The lowest BCUT2D eigenvalue weighted by molar-refractivity contribution is -0.120. The molecule has 35 heavy (non-hydrogen) atoms. The number of anilines is 1. The summed E-state index contributed by atoms with van der Waals surface area (Å²) in [6.07, 6.45) is 4.39. The third-order valence-corrected chi connectivity index (χ3v) is 6.20. The minimum absolute atomic E-state index is 0.0766. The highest BCUT2D eigenvalue weighted by molar-refractivity contribution is 7.89. The molecule has 0 saturated carbocycles. The van der Waals surface area contributed by atoms with Crippen molar-refractivity contribution in [1.29, 1.82) is 0 Å². The maximum absolute atomic E-state index is 13.6. The SMILES string of the molecule is CS(=O)(=O)NC(=O)c1ccc(CN2C(=O)c3ccc(Cl)cc3NC(=O)C2Cc2cccnc2)cc1. The number of aromatic nitrogens is 1. The van der Waals surface area contributed by atoms with E-state index < -0.39 is 22.0 Å². The zero-order chi connectivity index (χ0) is 25.2. The molecule has 11 heteroatoms. The van der Waals surface area contributed by atoms with Crippen LogP contribution >= 0.6 is 11.6 Å². The normalized spacial score (nSPS) is 15.7. The predicted octanol–water partition coefficient (Wildman–Crippen LogP) is 2.63. The summed E-state index contributed by atoms with van der Waals surface area (Å²) in [7, 11) is -3.70. The molecule has 180 valence electrons. The summed E-state index contributed by atoms with van der Waals surface area (Å²) < 4.78 is 24.6. The Balaban J connectivity index is 1.66. The van der Waals surface area contributed by atoms with Crippen LogP contribution in [0.5, 0.6) is 0 Å². The molecule has 1 aliphatic heterocycles. The van der Waals surface area contributed by atoms with Gasteiger partial charge in [-0.25, -0.2) is 13.1 Å². The van der Waals surface area contributed by atoms with Crippen molar-refractivity contribution in [2.24, 2.45) is 0 Å². The van der Waals surface area contributed by atoms with E-state index in [9.17, 15) is 22.8 Å². The maximum Gasteiger partial charge on any atom is 0.264 e. The highest BCUT2D eigenvalue weighted by Crippen LogP contribution is 2.28. The van der Waals surface area contributed by atoms with E-state index in [1.165, 1.54) is 23.1 Å². The van der Waals surface area contributed by atoms with Crippen molar-refractivity contribution in [3.8, 4) is 0 Å². The minimum Gasteiger partial charge on any atom is -0.323 e. The number of fused-ring (bicyclic) bond motifs is 1. The number of rotatable bonds is 6. The molecule has 1 unspecified atom stereocenters. The zero-order valence-corrected chi connectivity index (χ0v) is 20.1. The number of benzene rings is 2. The summed E-state index contributed by atoms with van der Waals surface area (Å²) in [6.45, 7) is 0.0766. The Bertz CT molecular complexity index is 1400. The van der Waals surface area contributed by atoms with Crippen LogP contribution in [0.3, 0.4) is 0 Å². The number of halogens is 1. The number of nitrogens with one attached hydrogen (secondary N) is 2. The lowest BCUT2D eigenvalue weighted by Crippen LogP contribution is -2.46. The quantitative estimate of drug-likeness (QED) is 0.523. The van der Waals surface area contributed by atoms with Gasteiger partial charge in [0.2, 0.25) is 15.9 Å². The van der Waals surface area contributed by atoms with Gasteiger partial charge in [0.25, 0.3) is 11.8 Å². The highest BCUT2D eigenvalue weighted by Gasteiger charge is 2.35. The molecule has 3 aromatic rings. The maximum atomic E-state index is 13.6. The third-order valence-electron chi connectivity index (χ3n) is 5.41. The van der Waals surface area contributed by atoms with Gasteiger partial charge in [-0.05, 0) is 47.5 Å². The molecule has 1 aliphatic rings. The third kappa shape index (κ3) is 5.84. The summed E-state index contributed by atoms with van der Waals surface area (Å²) in [5.41, 5.74) is 2.21. The van der Waals surface area contributed by atoms with E-state index in [0.717, 1.165) is 11.8 Å². The number of carbonyl (C=O) groups is 3. The number of amides is 3. The molecule has 1 atom stereocenters. The van der Waals surface area contributed by atoms with E-state index in [4.69, 9.17) is 11.6 Å². The van der Waals surface area contributed by atoms with Gasteiger partial charge in [-0.15, -0.1) is 0 Å². The molecule has 0 fully saturated rings. The largest absolute Gasteiger partial charge is 0.323 e. The van der Waals surface area contributed by atoms with Gasteiger partial charge in [0, 0.05) is 35.9 Å². The van der Waals surface area contributed by atoms with Gasteiger partial charge >= 0.3 is 0 Å². The van der Waals surface area contributed by atoms with E-state index in [2.05, 4.69) is 10.3 Å². The first kappa shape index (κ1) is 24.4. The molecule has 2 N–H and O–H groups in total. The van der Waals surface area contributed by atoms with Gasteiger partial charge in [0.15, 0.2) is 0 Å². The smallest absolute Gasteiger partial charge is 0.264 e. The second-order valence-electron chi connectivity index (χ2n) is 8.09. The van der Waals surface area contributed by atoms with Crippen LogP contribution in [0, 0.1) is 0 Å². The Morgan fingerprint density at radius 3 is 2.51 bits per heavy atom. The molecule has 2 heterocycles. The van der Waals surface area contributed by atoms with Gasteiger partial charge in [0.1, 0.15) is 6.04 Å². The van der Waals surface area contributed by atoms with E-state index in [0.29, 0.717) is 21.8 Å². The Morgan fingerprint density at radius 1 is 1.11 bits per heavy atom. The molecule has 3 amide bonds. The zero-order valence-electron chi connectivity index (χ0n) is 18.6. The number of sulfonamides is 1. The number of carbonyl (C=O) groups excluding carboxylic acids is 3. The standard InChI is InChI=1S/C24H21ClN4O5S/c1-35(33,34)28-22(30)17-6-4-15(5-7-17)14-29-21(11-16-3-2-10-26-13-16)23(31)27-20-12-18(25)8-9-19(20)24(29)32/h2-10,12-13,21H,11,14H2,1H3,(H,27,31)(H,28,30). The topological polar surface area (TPSA) is 126 Å². The van der Waals surface area contributed by atoms with Crippen LogP contribution in [0.25, 0.3) is 0 Å². The average Bonchev–Trinajstić information content (AvgIpc) is 2.89. The molecule has 0 bridgehead atoms. The second kappa shape index (κ2) is 9.85. The van der Waals surface area contributed by atoms with Crippen molar-refractivity contribution in [2.45, 2.75) is 19.0 Å². The van der Waals surface area contributed by atoms with Crippen LogP contribution < -0.4 is 10.0 Å². The van der Waals surface area contributed by atoms with Crippen LogP contribution in [-0.4, -0.2) is 48.3 Å². The van der Waals surface area contributed by atoms with Crippen molar-refractivity contribution in [2.75, 3.05) is 11.6 Å². The fourth-order valence-corrected chi connectivity index (χ4v) is 4.40. The molecule has 0 saturated heterocycles. The summed E-state index contributed by atoms with van der Waals surface area (Å²) in [6, 6.07) is 13.6. The molecule has 0 radical (unpaired) electrons. The molecule has 4 rings (SSSR count). The van der Waals surface area contributed by atoms with Crippen molar-refractivity contribution in [3.63, 3.8) is 0 Å². The molecule has 2 aromatic carbocycles. The average molecular weight is 513 g/mol. The Labute approximate surface area is 207 Å². The summed E-state index contributed by atoms with van der Waals surface area (Å²) >= 11 is 6.08. The first-order valence-electron chi connectivity index (χ1n) is 10.5. The van der Waals surface area contributed by atoms with Crippen LogP contribution in [0.15, 0.2) is 67.0 Å². The van der Waals surface area contributed by atoms with Crippen molar-refractivity contribution >= 4 is 45.0 Å². The van der Waals surface area contributed by atoms with E-state index in [1.54, 1.807) is 42.7 Å². The predicted molar refractivity (Wildman–Crippen MR) is 130 cm³/mol. The van der Waals surface area contributed by atoms with Crippen LogP contribution in [0.1, 0.15) is 31.8 Å². The molecular weight excluding hydrogens is 492 g/mol. The van der Waals surface area contributed by atoms with Crippen LogP contribution in [-0.2, 0) is 27.8 Å². The molecule has 1 aromatic heterocycles. The summed E-state index contributed by atoms with van der Waals surface area (Å²) in [5, 5.41) is 3.20. The summed E-state index contributed by atoms with van der Waals surface area (Å²) in [4.78, 5) is 44.5.